The predicted octanol–water partition coefficient (Wildman–Crippen LogP) is 2.77. The number of rotatable bonds is 3. The molecule has 1 amide bonds. The van der Waals surface area contributed by atoms with Crippen molar-refractivity contribution in [1.29, 1.82) is 0 Å². The van der Waals surface area contributed by atoms with Gasteiger partial charge in [0.2, 0.25) is 10.0 Å². The van der Waals surface area contributed by atoms with E-state index in [0.29, 0.717) is 13.2 Å². The molecule has 0 atom stereocenters. The summed E-state index contributed by atoms with van der Waals surface area (Å²) in [6, 6.07) is 4.88. The van der Waals surface area contributed by atoms with Crippen molar-refractivity contribution in [3.63, 3.8) is 0 Å². The Balaban J connectivity index is 1.84. The van der Waals surface area contributed by atoms with Gasteiger partial charge in [-0.2, -0.15) is 17.5 Å². The molecule has 1 aromatic rings. The van der Waals surface area contributed by atoms with E-state index >= 15 is 0 Å². The van der Waals surface area contributed by atoms with Crippen molar-refractivity contribution in [2.75, 3.05) is 31.6 Å². The van der Waals surface area contributed by atoms with Crippen LogP contribution in [-0.4, -0.2) is 51.1 Å². The fourth-order valence-corrected chi connectivity index (χ4v) is 5.26. The van der Waals surface area contributed by atoms with E-state index < -0.39 is 22.1 Å². The molecule has 10 heteroatoms. The van der Waals surface area contributed by atoms with Crippen LogP contribution in [0.5, 0.6) is 0 Å². The minimum absolute atomic E-state index is 0.155. The first kappa shape index (κ1) is 20.1. The zero-order chi connectivity index (χ0) is 19.7. The highest BCUT2D eigenvalue weighted by Gasteiger charge is 2.41. The Kier molecular flexibility index (Phi) is 5.51. The van der Waals surface area contributed by atoms with Crippen molar-refractivity contribution in [2.24, 2.45) is 5.41 Å². The van der Waals surface area contributed by atoms with E-state index in [1.165, 1.54) is 22.5 Å². The first-order valence-corrected chi connectivity index (χ1v) is 10.1. The topological polar surface area (TPSA) is 75.7 Å². The SMILES string of the molecule is O=C(Nc1cccc(S(=O)(=O)N2CCOCC3(CCCC3)C2)c1)C(F)(F)F. The molecule has 3 rings (SSSR count). The molecule has 6 nitrogen and oxygen atoms in total. The number of amides is 1. The van der Waals surface area contributed by atoms with Crippen LogP contribution in [0.1, 0.15) is 25.7 Å². The quantitative estimate of drug-likeness (QED) is 0.838. The third-order valence-corrected chi connectivity index (χ3v) is 6.90. The van der Waals surface area contributed by atoms with Crippen LogP contribution < -0.4 is 5.32 Å². The number of halogens is 3. The number of nitrogens with zero attached hydrogens (tertiary/aromatic N) is 1. The highest BCUT2D eigenvalue weighted by molar-refractivity contribution is 7.89. The lowest BCUT2D eigenvalue weighted by atomic mass is 9.87. The Labute approximate surface area is 155 Å². The maximum atomic E-state index is 13.1. The van der Waals surface area contributed by atoms with Crippen LogP contribution in [0.3, 0.4) is 0 Å². The number of carbonyl (C=O) groups is 1. The van der Waals surface area contributed by atoms with Crippen molar-refractivity contribution in [2.45, 2.75) is 36.8 Å². The van der Waals surface area contributed by atoms with Crippen LogP contribution in [0.2, 0.25) is 0 Å². The maximum absolute atomic E-state index is 13.1. The van der Waals surface area contributed by atoms with Crippen LogP contribution in [0, 0.1) is 5.41 Å². The summed E-state index contributed by atoms with van der Waals surface area (Å²) in [6.45, 7) is 1.30. The number of hydrogen-bond donors (Lipinski definition) is 1. The van der Waals surface area contributed by atoms with Gasteiger partial charge in [-0.25, -0.2) is 8.42 Å². The summed E-state index contributed by atoms with van der Waals surface area (Å²) < 4.78 is 70.3. The van der Waals surface area contributed by atoms with Crippen molar-refractivity contribution in [3.05, 3.63) is 24.3 Å². The summed E-state index contributed by atoms with van der Waals surface area (Å²) in [6.07, 6.45) is -1.22. The molecular weight excluding hydrogens is 385 g/mol. The lowest BCUT2D eigenvalue weighted by Gasteiger charge is -2.31. The molecular formula is C17H21F3N2O4S. The highest BCUT2D eigenvalue weighted by Crippen LogP contribution is 2.41. The molecule has 0 unspecified atom stereocenters. The molecule has 1 N–H and O–H groups in total. The van der Waals surface area contributed by atoms with Gasteiger partial charge >= 0.3 is 12.1 Å². The molecule has 1 saturated heterocycles. The van der Waals surface area contributed by atoms with Gasteiger partial charge in [0, 0.05) is 24.2 Å². The van der Waals surface area contributed by atoms with Crippen LogP contribution in [-0.2, 0) is 19.6 Å². The summed E-state index contributed by atoms with van der Waals surface area (Å²) in [5.41, 5.74) is -0.425. The second kappa shape index (κ2) is 7.40. The number of anilines is 1. The van der Waals surface area contributed by atoms with E-state index in [0.717, 1.165) is 31.7 Å². The van der Waals surface area contributed by atoms with E-state index in [-0.39, 0.29) is 29.1 Å². The highest BCUT2D eigenvalue weighted by atomic mass is 32.2. The largest absolute Gasteiger partial charge is 0.471 e. The first-order chi connectivity index (χ1) is 12.6. The van der Waals surface area contributed by atoms with Crippen LogP contribution in [0.15, 0.2) is 29.2 Å². The predicted molar refractivity (Wildman–Crippen MR) is 91.6 cm³/mol. The molecule has 2 fully saturated rings. The average molecular weight is 406 g/mol. The van der Waals surface area contributed by atoms with E-state index in [1.807, 2.05) is 0 Å². The number of carbonyl (C=O) groups excluding carboxylic acids is 1. The lowest BCUT2D eigenvalue weighted by molar-refractivity contribution is -0.167. The summed E-state index contributed by atoms with van der Waals surface area (Å²) in [5.74, 6) is -2.15. The Morgan fingerprint density at radius 3 is 2.59 bits per heavy atom. The number of nitrogens with one attached hydrogen (secondary N) is 1. The molecule has 1 aliphatic carbocycles. The molecule has 1 aliphatic heterocycles. The van der Waals surface area contributed by atoms with Gasteiger partial charge < -0.3 is 10.1 Å². The maximum Gasteiger partial charge on any atom is 0.471 e. The number of benzene rings is 1. The summed E-state index contributed by atoms with van der Waals surface area (Å²) in [4.78, 5) is 10.9. The van der Waals surface area contributed by atoms with E-state index in [9.17, 15) is 26.4 Å². The molecule has 1 spiro atoms. The average Bonchev–Trinajstić information content (AvgIpc) is 2.94. The Morgan fingerprint density at radius 2 is 1.93 bits per heavy atom. The van der Waals surface area contributed by atoms with E-state index in [2.05, 4.69) is 0 Å². The van der Waals surface area contributed by atoms with E-state index in [4.69, 9.17) is 4.74 Å². The summed E-state index contributed by atoms with van der Waals surface area (Å²) >= 11 is 0. The molecule has 0 bridgehead atoms. The smallest absolute Gasteiger partial charge is 0.379 e. The van der Waals surface area contributed by atoms with Crippen LogP contribution >= 0.6 is 0 Å². The van der Waals surface area contributed by atoms with Gasteiger partial charge in [0.25, 0.3) is 0 Å². The fourth-order valence-electron chi connectivity index (χ4n) is 3.67. The zero-order valence-electron chi connectivity index (χ0n) is 14.6. The monoisotopic (exact) mass is 406 g/mol. The van der Waals surface area contributed by atoms with Crippen molar-refractivity contribution in [1.82, 2.24) is 4.31 Å². The molecule has 1 saturated carbocycles. The summed E-state index contributed by atoms with van der Waals surface area (Å²) in [5, 5.41) is 1.69. The summed E-state index contributed by atoms with van der Waals surface area (Å²) in [7, 11) is -3.92. The van der Waals surface area contributed by atoms with Gasteiger partial charge in [0.1, 0.15) is 0 Å². The molecule has 1 heterocycles. The van der Waals surface area contributed by atoms with Gasteiger partial charge in [0.15, 0.2) is 0 Å². The van der Waals surface area contributed by atoms with Gasteiger partial charge in [-0.1, -0.05) is 18.9 Å². The zero-order valence-corrected chi connectivity index (χ0v) is 15.4. The molecule has 2 aliphatic rings. The standard InChI is InChI=1S/C17H21F3N2O4S/c18-17(19,20)15(23)21-13-4-3-5-14(10-13)27(24,25)22-8-9-26-12-16(11-22)6-1-2-7-16/h3-5,10H,1-2,6-9,11-12H2,(H,21,23). The lowest BCUT2D eigenvalue weighted by Crippen LogP contribution is -2.40. The molecule has 0 radical (unpaired) electrons. The number of hydrogen-bond acceptors (Lipinski definition) is 4. The van der Waals surface area contributed by atoms with Gasteiger partial charge in [-0.05, 0) is 31.0 Å². The second-order valence-electron chi connectivity index (χ2n) is 7.08. The number of alkyl halides is 3. The number of ether oxygens (including phenoxy) is 1. The Morgan fingerprint density at radius 1 is 1.22 bits per heavy atom. The molecule has 27 heavy (non-hydrogen) atoms. The second-order valence-corrected chi connectivity index (χ2v) is 9.02. The normalized spacial score (nSPS) is 21.1. The van der Waals surface area contributed by atoms with Crippen LogP contribution in [0.25, 0.3) is 0 Å². The Hall–Kier alpha value is -1.65. The Bertz CT molecular complexity index is 805. The minimum atomic E-state index is -5.05. The van der Waals surface area contributed by atoms with E-state index in [1.54, 1.807) is 5.32 Å². The van der Waals surface area contributed by atoms with Crippen molar-refractivity contribution >= 4 is 21.6 Å². The van der Waals surface area contributed by atoms with Gasteiger partial charge in [-0.3, -0.25) is 4.79 Å². The van der Waals surface area contributed by atoms with Crippen molar-refractivity contribution < 1.29 is 31.1 Å². The molecule has 150 valence electrons. The minimum Gasteiger partial charge on any atom is -0.379 e. The number of sulfonamides is 1. The molecule has 0 aromatic heterocycles. The fraction of sp³-hybridized carbons (Fsp3) is 0.588. The molecule has 1 aromatic carbocycles. The van der Waals surface area contributed by atoms with Gasteiger partial charge in [-0.15, -0.1) is 0 Å². The third kappa shape index (κ3) is 4.44. The van der Waals surface area contributed by atoms with Crippen LogP contribution in [0.4, 0.5) is 18.9 Å². The first-order valence-electron chi connectivity index (χ1n) is 8.69. The third-order valence-electron chi connectivity index (χ3n) is 5.06. The van der Waals surface area contributed by atoms with Crippen molar-refractivity contribution in [3.8, 4) is 0 Å². The van der Waals surface area contributed by atoms with Gasteiger partial charge in [0.05, 0.1) is 18.1 Å².